The molecule has 1 aromatic rings. The summed E-state index contributed by atoms with van der Waals surface area (Å²) in [7, 11) is 0. The standard InChI is InChI=1S/C17H20N2O3/c1-11(2)18-14(20)10-19-15(21)9-17(16(19)22)8-7-12-5-3-4-6-13(12)17/h3-6,11H,7-10H2,1-2H3,(H,18,20)/t17-/m0/s1. The molecule has 3 amide bonds. The summed E-state index contributed by atoms with van der Waals surface area (Å²) < 4.78 is 0. The third-order valence-electron chi connectivity index (χ3n) is 4.51. The number of likely N-dealkylation sites (tertiary alicyclic amines) is 1. The third kappa shape index (κ3) is 2.21. The lowest BCUT2D eigenvalue weighted by atomic mass is 9.80. The first kappa shape index (κ1) is 14.8. The minimum Gasteiger partial charge on any atom is -0.352 e. The van der Waals surface area contributed by atoms with Gasteiger partial charge in [0, 0.05) is 12.5 Å². The van der Waals surface area contributed by atoms with Crippen LogP contribution in [-0.2, 0) is 26.2 Å². The highest BCUT2D eigenvalue weighted by molar-refractivity contribution is 6.11. The van der Waals surface area contributed by atoms with Crippen molar-refractivity contribution in [3.8, 4) is 0 Å². The Morgan fingerprint density at radius 3 is 2.77 bits per heavy atom. The monoisotopic (exact) mass is 300 g/mol. The van der Waals surface area contributed by atoms with Crippen molar-refractivity contribution < 1.29 is 14.4 Å². The Morgan fingerprint density at radius 1 is 1.32 bits per heavy atom. The molecule has 1 aliphatic carbocycles. The Hall–Kier alpha value is -2.17. The molecule has 0 bridgehead atoms. The van der Waals surface area contributed by atoms with Crippen molar-refractivity contribution in [2.75, 3.05) is 6.54 Å². The molecule has 5 nitrogen and oxygen atoms in total. The van der Waals surface area contributed by atoms with Gasteiger partial charge in [0.1, 0.15) is 6.54 Å². The van der Waals surface area contributed by atoms with Crippen molar-refractivity contribution in [1.29, 1.82) is 0 Å². The summed E-state index contributed by atoms with van der Waals surface area (Å²) in [6.45, 7) is 3.51. The van der Waals surface area contributed by atoms with Gasteiger partial charge in [-0.1, -0.05) is 24.3 Å². The molecule has 0 saturated carbocycles. The number of amides is 3. The zero-order chi connectivity index (χ0) is 15.9. The van der Waals surface area contributed by atoms with Gasteiger partial charge >= 0.3 is 0 Å². The van der Waals surface area contributed by atoms with Crippen molar-refractivity contribution in [2.45, 2.75) is 44.6 Å². The van der Waals surface area contributed by atoms with E-state index >= 15 is 0 Å². The molecule has 1 saturated heterocycles. The summed E-state index contributed by atoms with van der Waals surface area (Å²) in [6.07, 6.45) is 1.64. The quantitative estimate of drug-likeness (QED) is 0.852. The Bertz CT molecular complexity index is 653. The maximum absolute atomic E-state index is 12.8. The van der Waals surface area contributed by atoms with Gasteiger partial charge in [-0.2, -0.15) is 0 Å². The predicted octanol–water partition coefficient (Wildman–Crippen LogP) is 1.15. The number of aryl methyl sites for hydroxylation is 1. The lowest BCUT2D eigenvalue weighted by molar-refractivity contribution is -0.143. The Labute approximate surface area is 129 Å². The maximum Gasteiger partial charge on any atom is 0.240 e. The van der Waals surface area contributed by atoms with Crippen molar-refractivity contribution in [3.63, 3.8) is 0 Å². The first-order chi connectivity index (χ1) is 10.4. The van der Waals surface area contributed by atoms with Crippen LogP contribution in [-0.4, -0.2) is 35.2 Å². The van der Waals surface area contributed by atoms with Crippen LogP contribution in [0.25, 0.3) is 0 Å². The number of rotatable bonds is 3. The minimum atomic E-state index is -0.744. The molecule has 3 rings (SSSR count). The van der Waals surface area contributed by atoms with E-state index in [9.17, 15) is 14.4 Å². The third-order valence-corrected chi connectivity index (χ3v) is 4.51. The van der Waals surface area contributed by atoms with Gasteiger partial charge < -0.3 is 5.32 Å². The van der Waals surface area contributed by atoms with Crippen molar-refractivity contribution in [3.05, 3.63) is 35.4 Å². The molecule has 1 heterocycles. The maximum atomic E-state index is 12.8. The van der Waals surface area contributed by atoms with Gasteiger partial charge in [0.25, 0.3) is 0 Å². The highest BCUT2D eigenvalue weighted by Crippen LogP contribution is 2.46. The van der Waals surface area contributed by atoms with Gasteiger partial charge in [0.15, 0.2) is 0 Å². The minimum absolute atomic E-state index is 0.0125. The molecule has 0 unspecified atom stereocenters. The SMILES string of the molecule is CC(C)NC(=O)CN1C(=O)C[C@]2(CCc3ccccc32)C1=O. The molecule has 1 atom stereocenters. The molecular weight excluding hydrogens is 280 g/mol. The molecule has 0 radical (unpaired) electrons. The molecule has 116 valence electrons. The van der Waals surface area contributed by atoms with E-state index in [0.717, 1.165) is 22.4 Å². The summed E-state index contributed by atoms with van der Waals surface area (Å²) in [4.78, 5) is 38.2. The smallest absolute Gasteiger partial charge is 0.240 e. The number of hydrogen-bond acceptors (Lipinski definition) is 3. The van der Waals surface area contributed by atoms with Crippen LogP contribution in [0.15, 0.2) is 24.3 Å². The second kappa shape index (κ2) is 5.23. The Kier molecular flexibility index (Phi) is 3.51. The van der Waals surface area contributed by atoms with E-state index in [2.05, 4.69) is 5.32 Å². The molecule has 1 aromatic carbocycles. The van der Waals surface area contributed by atoms with Crippen LogP contribution in [0, 0.1) is 0 Å². The van der Waals surface area contributed by atoms with Crippen molar-refractivity contribution in [1.82, 2.24) is 10.2 Å². The number of nitrogens with zero attached hydrogens (tertiary/aromatic N) is 1. The summed E-state index contributed by atoms with van der Waals surface area (Å²) in [6, 6.07) is 7.79. The summed E-state index contributed by atoms with van der Waals surface area (Å²) in [5.74, 6) is -0.762. The van der Waals surface area contributed by atoms with Crippen LogP contribution < -0.4 is 5.32 Å². The number of carbonyl (C=O) groups excluding carboxylic acids is 3. The van der Waals surface area contributed by atoms with Gasteiger partial charge in [0.05, 0.1) is 5.41 Å². The number of nitrogens with one attached hydrogen (secondary N) is 1. The number of benzene rings is 1. The Balaban J connectivity index is 1.85. The number of hydrogen-bond donors (Lipinski definition) is 1. The van der Waals surface area contributed by atoms with E-state index < -0.39 is 5.41 Å². The largest absolute Gasteiger partial charge is 0.352 e. The lowest BCUT2D eigenvalue weighted by Crippen LogP contribution is -2.44. The molecule has 2 aliphatic rings. The normalized spacial score (nSPS) is 23.5. The van der Waals surface area contributed by atoms with E-state index in [0.29, 0.717) is 6.42 Å². The van der Waals surface area contributed by atoms with Crippen LogP contribution in [0.3, 0.4) is 0 Å². The zero-order valence-electron chi connectivity index (χ0n) is 12.9. The van der Waals surface area contributed by atoms with E-state index in [1.165, 1.54) is 0 Å². The van der Waals surface area contributed by atoms with Gasteiger partial charge in [-0.05, 0) is 37.8 Å². The molecular formula is C17H20N2O3. The number of fused-ring (bicyclic) bond motifs is 2. The van der Waals surface area contributed by atoms with Crippen LogP contribution in [0.5, 0.6) is 0 Å². The van der Waals surface area contributed by atoms with Crippen molar-refractivity contribution >= 4 is 17.7 Å². The van der Waals surface area contributed by atoms with E-state index in [1.54, 1.807) is 0 Å². The second-order valence-corrected chi connectivity index (χ2v) is 6.42. The highest BCUT2D eigenvalue weighted by atomic mass is 16.2. The van der Waals surface area contributed by atoms with Crippen LogP contribution in [0.2, 0.25) is 0 Å². The van der Waals surface area contributed by atoms with E-state index in [-0.39, 0.29) is 36.7 Å². The van der Waals surface area contributed by atoms with Gasteiger partial charge in [-0.15, -0.1) is 0 Å². The summed E-state index contributed by atoms with van der Waals surface area (Å²) in [5, 5.41) is 2.72. The zero-order valence-corrected chi connectivity index (χ0v) is 12.9. The molecule has 1 fully saturated rings. The first-order valence-corrected chi connectivity index (χ1v) is 7.66. The summed E-state index contributed by atoms with van der Waals surface area (Å²) in [5.41, 5.74) is 1.35. The number of imide groups is 1. The van der Waals surface area contributed by atoms with Crippen LogP contribution in [0.4, 0.5) is 0 Å². The van der Waals surface area contributed by atoms with Crippen molar-refractivity contribution in [2.24, 2.45) is 0 Å². The highest BCUT2D eigenvalue weighted by Gasteiger charge is 2.55. The second-order valence-electron chi connectivity index (χ2n) is 6.42. The fourth-order valence-corrected chi connectivity index (χ4v) is 3.57. The molecule has 5 heteroatoms. The topological polar surface area (TPSA) is 66.5 Å². The van der Waals surface area contributed by atoms with Gasteiger partial charge in [0.2, 0.25) is 17.7 Å². The first-order valence-electron chi connectivity index (χ1n) is 7.66. The molecule has 1 spiro atoms. The average Bonchev–Trinajstić information content (AvgIpc) is 2.93. The Morgan fingerprint density at radius 2 is 2.05 bits per heavy atom. The fraction of sp³-hybridized carbons (Fsp3) is 0.471. The average molecular weight is 300 g/mol. The van der Waals surface area contributed by atoms with Gasteiger partial charge in [-0.3, -0.25) is 19.3 Å². The van der Waals surface area contributed by atoms with Gasteiger partial charge in [-0.25, -0.2) is 0 Å². The molecule has 1 N–H and O–H groups in total. The number of carbonyl (C=O) groups is 3. The lowest BCUT2D eigenvalue weighted by Gasteiger charge is -2.22. The predicted molar refractivity (Wildman–Crippen MR) is 81.1 cm³/mol. The molecule has 1 aliphatic heterocycles. The summed E-state index contributed by atoms with van der Waals surface area (Å²) >= 11 is 0. The molecule has 22 heavy (non-hydrogen) atoms. The van der Waals surface area contributed by atoms with E-state index in [1.807, 2.05) is 38.1 Å². The molecule has 0 aromatic heterocycles. The van der Waals surface area contributed by atoms with Crippen LogP contribution >= 0.6 is 0 Å². The van der Waals surface area contributed by atoms with Crippen LogP contribution in [0.1, 0.15) is 37.8 Å². The van der Waals surface area contributed by atoms with E-state index in [4.69, 9.17) is 0 Å². The fourth-order valence-electron chi connectivity index (χ4n) is 3.57.